The smallest absolute Gasteiger partial charge is 0.252 e. The number of aryl methyl sites for hydroxylation is 1. The maximum Gasteiger partial charge on any atom is 0.252 e. The molecule has 0 unspecified atom stereocenters. The lowest BCUT2D eigenvalue weighted by Gasteiger charge is -2.06. The van der Waals surface area contributed by atoms with E-state index in [2.05, 4.69) is 15.4 Å². The number of hydrogen-bond donors (Lipinski definition) is 2. The lowest BCUT2D eigenvalue weighted by Crippen LogP contribution is -2.24. The third-order valence-corrected chi connectivity index (χ3v) is 3.19. The van der Waals surface area contributed by atoms with Gasteiger partial charge in [0, 0.05) is 35.9 Å². The lowest BCUT2D eigenvalue weighted by atomic mass is 10.1. The molecule has 0 aliphatic rings. The third-order valence-electron chi connectivity index (χ3n) is 3.19. The molecule has 0 spiro atoms. The number of carbonyl (C=O) groups is 1. The zero-order chi connectivity index (χ0) is 13.2. The van der Waals surface area contributed by atoms with Crippen molar-refractivity contribution in [3.63, 3.8) is 0 Å². The molecule has 0 aliphatic carbocycles. The molecule has 3 aromatic rings. The van der Waals surface area contributed by atoms with Crippen LogP contribution in [0.1, 0.15) is 16.1 Å². The van der Waals surface area contributed by atoms with Gasteiger partial charge < -0.3 is 10.3 Å². The Bertz CT molecular complexity index is 726. The molecule has 5 nitrogen and oxygen atoms in total. The van der Waals surface area contributed by atoms with Crippen molar-refractivity contribution in [2.75, 3.05) is 0 Å². The van der Waals surface area contributed by atoms with Crippen molar-refractivity contribution in [1.29, 1.82) is 0 Å². The Kier molecular flexibility index (Phi) is 2.79. The van der Waals surface area contributed by atoms with Crippen molar-refractivity contribution in [3.05, 3.63) is 54.0 Å². The molecule has 2 N–H and O–H groups in total. The summed E-state index contributed by atoms with van der Waals surface area (Å²) < 4.78 is 1.75. The van der Waals surface area contributed by atoms with Crippen LogP contribution in [0.15, 0.2) is 42.7 Å². The minimum atomic E-state index is -0.0774. The Morgan fingerprint density at radius 3 is 3.05 bits per heavy atom. The first-order chi connectivity index (χ1) is 9.25. The topological polar surface area (TPSA) is 62.7 Å². The molecule has 3 rings (SSSR count). The van der Waals surface area contributed by atoms with Crippen LogP contribution >= 0.6 is 0 Å². The molecule has 5 heteroatoms. The van der Waals surface area contributed by atoms with E-state index in [0.29, 0.717) is 12.1 Å². The van der Waals surface area contributed by atoms with Gasteiger partial charge in [-0.05, 0) is 24.3 Å². The fourth-order valence-corrected chi connectivity index (χ4v) is 2.12. The number of nitrogens with one attached hydrogen (secondary N) is 2. The molecule has 0 radical (unpaired) electrons. The second-order valence-corrected chi connectivity index (χ2v) is 4.37. The normalized spacial score (nSPS) is 10.8. The molecule has 1 aromatic carbocycles. The van der Waals surface area contributed by atoms with E-state index in [1.807, 2.05) is 43.6 Å². The van der Waals surface area contributed by atoms with Gasteiger partial charge in [-0.25, -0.2) is 0 Å². The van der Waals surface area contributed by atoms with Gasteiger partial charge in [-0.2, -0.15) is 5.10 Å². The summed E-state index contributed by atoms with van der Waals surface area (Å²) in [5.74, 6) is -0.0774. The number of amides is 1. The van der Waals surface area contributed by atoms with Crippen LogP contribution < -0.4 is 5.32 Å². The maximum absolute atomic E-state index is 12.2. The standard InChI is InChI=1S/C14H14N4O/c1-18-10(5-8-17-18)9-16-14(19)12-3-2-4-13-11(12)6-7-15-13/h2-8,15H,9H2,1H3,(H,16,19). The SMILES string of the molecule is Cn1nccc1CNC(=O)c1cccc2[nH]ccc12. The van der Waals surface area contributed by atoms with Crippen molar-refractivity contribution in [1.82, 2.24) is 20.1 Å². The average molecular weight is 254 g/mol. The zero-order valence-corrected chi connectivity index (χ0v) is 10.6. The molecule has 2 aromatic heterocycles. The summed E-state index contributed by atoms with van der Waals surface area (Å²) in [5.41, 5.74) is 2.61. The monoisotopic (exact) mass is 254 g/mol. The highest BCUT2D eigenvalue weighted by atomic mass is 16.1. The van der Waals surface area contributed by atoms with Crippen molar-refractivity contribution in [2.45, 2.75) is 6.54 Å². The quantitative estimate of drug-likeness (QED) is 0.749. The van der Waals surface area contributed by atoms with Crippen LogP contribution in [0.4, 0.5) is 0 Å². The van der Waals surface area contributed by atoms with Gasteiger partial charge in [0.2, 0.25) is 0 Å². The summed E-state index contributed by atoms with van der Waals surface area (Å²) in [7, 11) is 1.86. The number of nitrogens with zero attached hydrogens (tertiary/aromatic N) is 2. The minimum Gasteiger partial charge on any atom is -0.361 e. The van der Waals surface area contributed by atoms with Crippen molar-refractivity contribution < 1.29 is 4.79 Å². The molecule has 0 bridgehead atoms. The van der Waals surface area contributed by atoms with Crippen LogP contribution in [-0.2, 0) is 13.6 Å². The van der Waals surface area contributed by atoms with E-state index in [1.165, 1.54) is 0 Å². The highest BCUT2D eigenvalue weighted by Gasteiger charge is 2.10. The number of benzene rings is 1. The average Bonchev–Trinajstić information content (AvgIpc) is 3.04. The summed E-state index contributed by atoms with van der Waals surface area (Å²) in [4.78, 5) is 15.3. The molecular formula is C14H14N4O. The Hall–Kier alpha value is -2.56. The predicted molar refractivity (Wildman–Crippen MR) is 72.7 cm³/mol. The van der Waals surface area contributed by atoms with Gasteiger partial charge in [0.05, 0.1) is 12.2 Å². The van der Waals surface area contributed by atoms with Gasteiger partial charge in [0.1, 0.15) is 0 Å². The van der Waals surface area contributed by atoms with Gasteiger partial charge in [-0.15, -0.1) is 0 Å². The second kappa shape index (κ2) is 4.61. The molecule has 0 aliphatic heterocycles. The molecule has 96 valence electrons. The first kappa shape index (κ1) is 11.5. The largest absolute Gasteiger partial charge is 0.361 e. The van der Waals surface area contributed by atoms with Gasteiger partial charge in [0.25, 0.3) is 5.91 Å². The number of carbonyl (C=O) groups excluding carboxylic acids is 1. The highest BCUT2D eigenvalue weighted by molar-refractivity contribution is 6.06. The number of hydrogen-bond acceptors (Lipinski definition) is 2. The molecule has 0 saturated heterocycles. The highest BCUT2D eigenvalue weighted by Crippen LogP contribution is 2.17. The van der Waals surface area contributed by atoms with Crippen LogP contribution in [0, 0.1) is 0 Å². The number of aromatic amines is 1. The van der Waals surface area contributed by atoms with E-state index < -0.39 is 0 Å². The second-order valence-electron chi connectivity index (χ2n) is 4.37. The Morgan fingerprint density at radius 1 is 1.37 bits per heavy atom. The van der Waals surface area contributed by atoms with E-state index in [0.717, 1.165) is 16.6 Å². The zero-order valence-electron chi connectivity index (χ0n) is 10.6. The van der Waals surface area contributed by atoms with Crippen LogP contribution in [0.5, 0.6) is 0 Å². The number of H-pyrrole nitrogens is 1. The molecule has 0 saturated carbocycles. The molecule has 0 fully saturated rings. The molecule has 1 amide bonds. The van der Waals surface area contributed by atoms with Crippen molar-refractivity contribution in [2.24, 2.45) is 7.05 Å². The Balaban J connectivity index is 1.81. The number of aromatic nitrogens is 3. The molecule has 19 heavy (non-hydrogen) atoms. The summed E-state index contributed by atoms with van der Waals surface area (Å²) in [6.07, 6.45) is 3.55. The van der Waals surface area contributed by atoms with Crippen LogP contribution in [0.2, 0.25) is 0 Å². The molecule has 0 atom stereocenters. The number of fused-ring (bicyclic) bond motifs is 1. The van der Waals surface area contributed by atoms with Crippen molar-refractivity contribution >= 4 is 16.8 Å². The van der Waals surface area contributed by atoms with E-state index in [1.54, 1.807) is 10.9 Å². The lowest BCUT2D eigenvalue weighted by molar-refractivity contribution is 0.0951. The van der Waals surface area contributed by atoms with Gasteiger partial charge >= 0.3 is 0 Å². The van der Waals surface area contributed by atoms with E-state index in [4.69, 9.17) is 0 Å². The van der Waals surface area contributed by atoms with E-state index in [-0.39, 0.29) is 5.91 Å². The third kappa shape index (κ3) is 2.10. The fourth-order valence-electron chi connectivity index (χ4n) is 2.12. The summed E-state index contributed by atoms with van der Waals surface area (Å²) in [6, 6.07) is 9.45. The Labute approximate surface area is 110 Å². The fraction of sp³-hybridized carbons (Fsp3) is 0.143. The van der Waals surface area contributed by atoms with Crippen LogP contribution in [0.25, 0.3) is 10.9 Å². The van der Waals surface area contributed by atoms with Gasteiger partial charge in [0.15, 0.2) is 0 Å². The van der Waals surface area contributed by atoms with Crippen LogP contribution in [-0.4, -0.2) is 20.7 Å². The van der Waals surface area contributed by atoms with Crippen molar-refractivity contribution in [3.8, 4) is 0 Å². The van der Waals surface area contributed by atoms with E-state index in [9.17, 15) is 4.79 Å². The minimum absolute atomic E-state index is 0.0774. The number of rotatable bonds is 3. The molecular weight excluding hydrogens is 240 g/mol. The predicted octanol–water partition coefficient (Wildman–Crippen LogP) is 1.83. The Morgan fingerprint density at radius 2 is 2.26 bits per heavy atom. The van der Waals surface area contributed by atoms with E-state index >= 15 is 0 Å². The van der Waals surface area contributed by atoms with Gasteiger partial charge in [-0.1, -0.05) is 6.07 Å². The first-order valence-corrected chi connectivity index (χ1v) is 6.07. The maximum atomic E-state index is 12.2. The van der Waals surface area contributed by atoms with Gasteiger partial charge in [-0.3, -0.25) is 9.48 Å². The summed E-state index contributed by atoms with van der Waals surface area (Å²) in [6.45, 7) is 0.468. The summed E-state index contributed by atoms with van der Waals surface area (Å²) in [5, 5.41) is 7.92. The summed E-state index contributed by atoms with van der Waals surface area (Å²) >= 11 is 0. The van der Waals surface area contributed by atoms with Crippen LogP contribution in [0.3, 0.4) is 0 Å². The first-order valence-electron chi connectivity index (χ1n) is 6.07. The molecule has 2 heterocycles.